The normalized spacial score (nSPS) is 18.5. The third-order valence-corrected chi connectivity index (χ3v) is 6.66. The van der Waals surface area contributed by atoms with Crippen LogP contribution in [0.15, 0.2) is 72.8 Å². The number of fused-ring (bicyclic) bond motifs is 1. The smallest absolute Gasteiger partial charge is 0.245 e. The minimum Gasteiger partial charge on any atom is -0.372 e. The minimum absolute atomic E-state index is 0.0529. The Morgan fingerprint density at radius 1 is 1.03 bits per heavy atom. The molecule has 3 aromatic rings. The van der Waals surface area contributed by atoms with Crippen molar-refractivity contribution in [3.8, 4) is 0 Å². The Bertz CT molecular complexity index is 1130. The molecular formula is C29H35N3O3. The summed E-state index contributed by atoms with van der Waals surface area (Å²) in [6.07, 6.45) is 2.85. The number of carbonyl (C=O) groups excluding carboxylic acids is 2. The molecule has 6 heteroatoms. The van der Waals surface area contributed by atoms with E-state index in [1.807, 2.05) is 47.4 Å². The zero-order valence-corrected chi connectivity index (χ0v) is 20.4. The van der Waals surface area contributed by atoms with Crippen molar-refractivity contribution >= 4 is 22.6 Å². The van der Waals surface area contributed by atoms with Gasteiger partial charge < -0.3 is 20.7 Å². The van der Waals surface area contributed by atoms with Crippen LogP contribution >= 0.6 is 0 Å². The highest BCUT2D eigenvalue weighted by Gasteiger charge is 2.38. The predicted molar refractivity (Wildman–Crippen MR) is 139 cm³/mol. The molecule has 4 rings (SSSR count). The molecule has 3 N–H and O–H groups in total. The quantitative estimate of drug-likeness (QED) is 0.469. The molecule has 2 amide bonds. The molecule has 0 spiro atoms. The molecule has 6 nitrogen and oxygen atoms in total. The van der Waals surface area contributed by atoms with Gasteiger partial charge >= 0.3 is 0 Å². The number of nitrogens with two attached hydrogens (primary N) is 1. The van der Waals surface area contributed by atoms with Gasteiger partial charge in [0.1, 0.15) is 6.04 Å². The van der Waals surface area contributed by atoms with Gasteiger partial charge in [0.2, 0.25) is 11.8 Å². The molecule has 0 saturated carbocycles. The molecule has 184 valence electrons. The summed E-state index contributed by atoms with van der Waals surface area (Å²) in [6, 6.07) is 23.9. The number of nitrogens with zero attached hydrogens (tertiary/aromatic N) is 1. The summed E-state index contributed by atoms with van der Waals surface area (Å²) in [6.45, 7) is 3.06. The summed E-state index contributed by atoms with van der Waals surface area (Å²) < 4.78 is 6.30. The highest BCUT2D eigenvalue weighted by atomic mass is 16.5. The Morgan fingerprint density at radius 3 is 2.51 bits per heavy atom. The average molecular weight is 474 g/mol. The molecule has 0 unspecified atom stereocenters. The molecule has 1 saturated heterocycles. The van der Waals surface area contributed by atoms with Crippen molar-refractivity contribution in [3.05, 3.63) is 83.9 Å². The van der Waals surface area contributed by atoms with E-state index in [4.69, 9.17) is 10.5 Å². The van der Waals surface area contributed by atoms with Gasteiger partial charge in [0, 0.05) is 25.9 Å². The number of ether oxygens (including phenoxy) is 1. The summed E-state index contributed by atoms with van der Waals surface area (Å²) >= 11 is 0. The fourth-order valence-corrected chi connectivity index (χ4v) is 4.93. The fourth-order valence-electron chi connectivity index (χ4n) is 4.93. The van der Waals surface area contributed by atoms with E-state index in [1.54, 1.807) is 0 Å². The number of amides is 2. The first kappa shape index (κ1) is 24.9. The highest BCUT2D eigenvalue weighted by molar-refractivity contribution is 5.87. The lowest BCUT2D eigenvalue weighted by atomic mass is 10.0. The van der Waals surface area contributed by atoms with Gasteiger partial charge in [-0.05, 0) is 53.8 Å². The molecule has 0 bridgehead atoms. The first-order chi connectivity index (χ1) is 17.0. The van der Waals surface area contributed by atoms with E-state index in [1.165, 1.54) is 17.7 Å². The molecule has 35 heavy (non-hydrogen) atoms. The van der Waals surface area contributed by atoms with Crippen molar-refractivity contribution in [2.75, 3.05) is 13.1 Å². The predicted octanol–water partition coefficient (Wildman–Crippen LogP) is 3.81. The van der Waals surface area contributed by atoms with Crippen LogP contribution in [0.4, 0.5) is 0 Å². The van der Waals surface area contributed by atoms with Gasteiger partial charge in [-0.25, -0.2) is 0 Å². The van der Waals surface area contributed by atoms with E-state index in [-0.39, 0.29) is 24.0 Å². The highest BCUT2D eigenvalue weighted by Crippen LogP contribution is 2.26. The topological polar surface area (TPSA) is 84.7 Å². The lowest BCUT2D eigenvalue weighted by Gasteiger charge is -2.29. The third-order valence-electron chi connectivity index (χ3n) is 6.66. The van der Waals surface area contributed by atoms with Crippen LogP contribution < -0.4 is 11.1 Å². The number of benzene rings is 3. The molecule has 0 radical (unpaired) electrons. The number of hydrogen-bond donors (Lipinski definition) is 2. The lowest BCUT2D eigenvalue weighted by molar-refractivity contribution is -0.137. The van der Waals surface area contributed by atoms with Crippen LogP contribution in [0.1, 0.15) is 37.3 Å². The van der Waals surface area contributed by atoms with Gasteiger partial charge in [-0.2, -0.15) is 0 Å². The summed E-state index contributed by atoms with van der Waals surface area (Å²) in [5.74, 6) is -0.260. The second-order valence-electron chi connectivity index (χ2n) is 9.37. The fraction of sp³-hybridized carbons (Fsp3) is 0.379. The average Bonchev–Trinajstić information content (AvgIpc) is 3.28. The van der Waals surface area contributed by atoms with Crippen molar-refractivity contribution in [2.24, 2.45) is 5.73 Å². The van der Waals surface area contributed by atoms with Gasteiger partial charge in [-0.3, -0.25) is 9.59 Å². The van der Waals surface area contributed by atoms with Crippen LogP contribution in [0.25, 0.3) is 10.8 Å². The number of rotatable bonds is 10. The Labute approximate surface area is 207 Å². The van der Waals surface area contributed by atoms with E-state index in [2.05, 4.69) is 35.6 Å². The molecular weight excluding hydrogens is 438 g/mol. The van der Waals surface area contributed by atoms with Crippen LogP contribution in [-0.2, 0) is 27.4 Å². The van der Waals surface area contributed by atoms with Crippen molar-refractivity contribution in [3.63, 3.8) is 0 Å². The zero-order chi connectivity index (χ0) is 24.6. The molecule has 1 fully saturated rings. The van der Waals surface area contributed by atoms with E-state index in [0.717, 1.165) is 30.4 Å². The Balaban J connectivity index is 1.44. The lowest BCUT2D eigenvalue weighted by Crippen LogP contribution is -2.51. The van der Waals surface area contributed by atoms with Gasteiger partial charge in [0.15, 0.2) is 0 Å². The minimum atomic E-state index is -0.602. The maximum Gasteiger partial charge on any atom is 0.245 e. The summed E-state index contributed by atoms with van der Waals surface area (Å²) in [4.78, 5) is 27.5. The Morgan fingerprint density at radius 2 is 1.77 bits per heavy atom. The van der Waals surface area contributed by atoms with Gasteiger partial charge in [-0.1, -0.05) is 66.7 Å². The molecule has 0 aliphatic carbocycles. The Kier molecular flexibility index (Phi) is 8.50. The van der Waals surface area contributed by atoms with Crippen molar-refractivity contribution in [1.82, 2.24) is 10.2 Å². The van der Waals surface area contributed by atoms with E-state index in [9.17, 15) is 9.59 Å². The maximum absolute atomic E-state index is 13.6. The third kappa shape index (κ3) is 6.68. The van der Waals surface area contributed by atoms with Crippen LogP contribution in [0.5, 0.6) is 0 Å². The molecule has 1 heterocycles. The van der Waals surface area contributed by atoms with Crippen LogP contribution in [-0.4, -0.2) is 48.0 Å². The molecule has 3 aromatic carbocycles. The molecule has 1 aliphatic heterocycles. The van der Waals surface area contributed by atoms with Crippen LogP contribution in [0.3, 0.4) is 0 Å². The SMILES string of the molecule is CC(=O)N[C@H](Cc1ccccc1)C(=O)N1C[C@H](OCc2ccc3ccccc3c2)C[C@@H]1CCCN. The number of nitrogens with one attached hydrogen (secondary N) is 1. The summed E-state index contributed by atoms with van der Waals surface area (Å²) in [5, 5.41) is 5.27. The van der Waals surface area contributed by atoms with Crippen molar-refractivity contribution in [1.29, 1.82) is 0 Å². The van der Waals surface area contributed by atoms with E-state index < -0.39 is 6.04 Å². The monoisotopic (exact) mass is 473 g/mol. The van der Waals surface area contributed by atoms with Crippen LogP contribution in [0, 0.1) is 0 Å². The van der Waals surface area contributed by atoms with Gasteiger partial charge in [0.25, 0.3) is 0 Å². The molecule has 1 aliphatic rings. The number of hydrogen-bond acceptors (Lipinski definition) is 4. The zero-order valence-electron chi connectivity index (χ0n) is 20.4. The summed E-state index contributed by atoms with van der Waals surface area (Å²) in [7, 11) is 0. The summed E-state index contributed by atoms with van der Waals surface area (Å²) in [5.41, 5.74) is 7.91. The second-order valence-corrected chi connectivity index (χ2v) is 9.37. The van der Waals surface area contributed by atoms with Gasteiger partial charge in [-0.15, -0.1) is 0 Å². The van der Waals surface area contributed by atoms with Crippen molar-refractivity contribution in [2.45, 2.75) is 57.4 Å². The molecule has 3 atom stereocenters. The first-order valence-electron chi connectivity index (χ1n) is 12.4. The standard InChI is InChI=1S/C29H35N3O3/c1-21(33)31-28(17-22-8-3-2-4-9-22)29(34)32-19-27(18-26(32)12-7-15-30)35-20-23-13-14-24-10-5-6-11-25(24)16-23/h2-6,8-11,13-14,16,26-28H,7,12,15,17-20,30H2,1H3,(H,31,33)/t26-,27+,28+/m0/s1. The van der Waals surface area contributed by atoms with E-state index >= 15 is 0 Å². The number of likely N-dealkylation sites (tertiary alicyclic amines) is 1. The number of carbonyl (C=O) groups is 2. The van der Waals surface area contributed by atoms with Crippen molar-refractivity contribution < 1.29 is 14.3 Å². The molecule has 0 aromatic heterocycles. The second kappa shape index (κ2) is 12.0. The van der Waals surface area contributed by atoms with Gasteiger partial charge in [0.05, 0.1) is 12.7 Å². The van der Waals surface area contributed by atoms with E-state index in [0.29, 0.717) is 26.1 Å². The largest absolute Gasteiger partial charge is 0.372 e. The maximum atomic E-state index is 13.6. The first-order valence-corrected chi connectivity index (χ1v) is 12.4. The van der Waals surface area contributed by atoms with Crippen LogP contribution in [0.2, 0.25) is 0 Å². The Hall–Kier alpha value is -3.22.